The van der Waals surface area contributed by atoms with E-state index >= 15 is 0 Å². The van der Waals surface area contributed by atoms with Gasteiger partial charge in [-0.05, 0) is 25.0 Å². The molecule has 1 saturated heterocycles. The molecule has 0 saturated carbocycles. The minimum absolute atomic E-state index is 0.0910. The van der Waals surface area contributed by atoms with Gasteiger partial charge in [0.05, 0.1) is 31.4 Å². The minimum Gasteiger partial charge on any atom is -0.492 e. The standard InChI is InChI=1S/C13H20N2O4S/c1-20(17,18)15-6-2-3-11(8-15)10-19-13-5-4-12(9-16)14-7-13/h4-5,7,11,16H,2-3,6,8-10H2,1H3. The van der Waals surface area contributed by atoms with Crippen molar-refractivity contribution in [1.82, 2.24) is 9.29 Å². The third kappa shape index (κ3) is 4.16. The second kappa shape index (κ2) is 6.51. The van der Waals surface area contributed by atoms with Gasteiger partial charge in [-0.2, -0.15) is 0 Å². The Bertz CT molecular complexity index is 530. The van der Waals surface area contributed by atoms with Crippen LogP contribution in [0.15, 0.2) is 18.3 Å². The molecule has 0 bridgehead atoms. The lowest BCUT2D eigenvalue weighted by Crippen LogP contribution is -2.40. The zero-order valence-corrected chi connectivity index (χ0v) is 12.3. The molecule has 1 aromatic heterocycles. The van der Waals surface area contributed by atoms with Crippen molar-refractivity contribution >= 4 is 10.0 Å². The molecule has 1 aliphatic heterocycles. The van der Waals surface area contributed by atoms with Crippen molar-refractivity contribution in [2.24, 2.45) is 5.92 Å². The minimum atomic E-state index is -3.11. The molecule has 7 heteroatoms. The number of aromatic nitrogens is 1. The monoisotopic (exact) mass is 300 g/mol. The quantitative estimate of drug-likeness (QED) is 0.862. The summed E-state index contributed by atoms with van der Waals surface area (Å²) in [7, 11) is -3.11. The zero-order chi connectivity index (χ0) is 14.6. The molecule has 2 rings (SSSR count). The lowest BCUT2D eigenvalue weighted by atomic mass is 10.0. The number of aliphatic hydroxyl groups is 1. The van der Waals surface area contributed by atoms with Gasteiger partial charge in [0.25, 0.3) is 0 Å². The third-order valence-electron chi connectivity index (χ3n) is 3.40. The molecule has 0 spiro atoms. The van der Waals surface area contributed by atoms with E-state index in [0.29, 0.717) is 31.1 Å². The first-order valence-electron chi connectivity index (χ1n) is 6.63. The maximum Gasteiger partial charge on any atom is 0.211 e. The fraction of sp³-hybridized carbons (Fsp3) is 0.615. The number of ether oxygens (including phenoxy) is 1. The Hall–Kier alpha value is -1.18. The van der Waals surface area contributed by atoms with Crippen molar-refractivity contribution < 1.29 is 18.3 Å². The maximum atomic E-state index is 11.5. The number of rotatable bonds is 5. The van der Waals surface area contributed by atoms with E-state index < -0.39 is 10.0 Å². The highest BCUT2D eigenvalue weighted by atomic mass is 32.2. The summed E-state index contributed by atoms with van der Waals surface area (Å²) in [6.07, 6.45) is 4.65. The van der Waals surface area contributed by atoms with Crippen LogP contribution in [-0.2, 0) is 16.6 Å². The van der Waals surface area contributed by atoms with Gasteiger partial charge in [-0.25, -0.2) is 12.7 Å². The normalized spacial score (nSPS) is 20.8. The lowest BCUT2D eigenvalue weighted by molar-refractivity contribution is 0.180. The van der Waals surface area contributed by atoms with Crippen molar-refractivity contribution in [1.29, 1.82) is 0 Å². The van der Waals surface area contributed by atoms with Gasteiger partial charge in [0.15, 0.2) is 0 Å². The van der Waals surface area contributed by atoms with Crippen LogP contribution in [0, 0.1) is 5.92 Å². The molecule has 6 nitrogen and oxygen atoms in total. The Balaban J connectivity index is 1.87. The summed E-state index contributed by atoms with van der Waals surface area (Å²) in [4.78, 5) is 4.03. The molecule has 1 aliphatic rings. The van der Waals surface area contributed by atoms with E-state index in [1.807, 2.05) is 0 Å². The topological polar surface area (TPSA) is 79.7 Å². The van der Waals surface area contributed by atoms with Gasteiger partial charge < -0.3 is 9.84 Å². The Kier molecular flexibility index (Phi) is 4.95. The van der Waals surface area contributed by atoms with Crippen LogP contribution < -0.4 is 4.74 Å². The van der Waals surface area contributed by atoms with Crippen LogP contribution in [0.3, 0.4) is 0 Å². The Morgan fingerprint density at radius 3 is 2.90 bits per heavy atom. The molecule has 0 radical (unpaired) electrons. The molecule has 2 heterocycles. The van der Waals surface area contributed by atoms with Crippen molar-refractivity contribution in [2.45, 2.75) is 19.4 Å². The van der Waals surface area contributed by atoms with E-state index in [-0.39, 0.29) is 12.5 Å². The Morgan fingerprint density at radius 2 is 2.30 bits per heavy atom. The van der Waals surface area contributed by atoms with Gasteiger partial charge in [0.1, 0.15) is 5.75 Å². The number of aliphatic hydroxyl groups excluding tert-OH is 1. The van der Waals surface area contributed by atoms with Crippen LogP contribution in [-0.4, -0.2) is 48.8 Å². The van der Waals surface area contributed by atoms with E-state index in [2.05, 4.69) is 4.98 Å². The molecule has 1 atom stereocenters. The summed E-state index contributed by atoms with van der Waals surface area (Å²) < 4.78 is 30.2. The third-order valence-corrected chi connectivity index (χ3v) is 4.67. The van der Waals surface area contributed by atoms with Gasteiger partial charge in [-0.1, -0.05) is 0 Å². The number of sulfonamides is 1. The summed E-state index contributed by atoms with van der Waals surface area (Å²) in [5.41, 5.74) is 0.596. The van der Waals surface area contributed by atoms with E-state index in [1.165, 1.54) is 10.6 Å². The first-order valence-corrected chi connectivity index (χ1v) is 8.47. The molecule has 20 heavy (non-hydrogen) atoms. The van der Waals surface area contributed by atoms with E-state index in [4.69, 9.17) is 9.84 Å². The maximum absolute atomic E-state index is 11.5. The van der Waals surface area contributed by atoms with Crippen LogP contribution in [0.5, 0.6) is 5.75 Å². The molecule has 0 aliphatic carbocycles. The lowest BCUT2D eigenvalue weighted by Gasteiger charge is -2.30. The predicted molar refractivity (Wildman–Crippen MR) is 74.8 cm³/mol. The van der Waals surface area contributed by atoms with Crippen molar-refractivity contribution in [3.05, 3.63) is 24.0 Å². The smallest absolute Gasteiger partial charge is 0.211 e. The van der Waals surface area contributed by atoms with Crippen LogP contribution in [0.4, 0.5) is 0 Å². The van der Waals surface area contributed by atoms with Gasteiger partial charge >= 0.3 is 0 Å². The SMILES string of the molecule is CS(=O)(=O)N1CCCC(COc2ccc(CO)nc2)C1. The number of piperidine rings is 1. The van der Waals surface area contributed by atoms with E-state index in [9.17, 15) is 8.42 Å². The zero-order valence-electron chi connectivity index (χ0n) is 11.5. The van der Waals surface area contributed by atoms with E-state index in [1.54, 1.807) is 18.3 Å². The second-order valence-corrected chi connectivity index (χ2v) is 7.07. The highest BCUT2D eigenvalue weighted by Crippen LogP contribution is 2.20. The van der Waals surface area contributed by atoms with Gasteiger partial charge in [-0.3, -0.25) is 4.98 Å². The van der Waals surface area contributed by atoms with Gasteiger partial charge in [-0.15, -0.1) is 0 Å². The molecule has 1 unspecified atom stereocenters. The van der Waals surface area contributed by atoms with Crippen LogP contribution in [0.1, 0.15) is 18.5 Å². The van der Waals surface area contributed by atoms with Gasteiger partial charge in [0.2, 0.25) is 10.0 Å². The molecule has 1 aromatic rings. The molecular weight excluding hydrogens is 280 g/mol. The van der Waals surface area contributed by atoms with Crippen molar-refractivity contribution in [3.8, 4) is 5.75 Å². The summed E-state index contributed by atoms with van der Waals surface area (Å²) >= 11 is 0. The highest BCUT2D eigenvalue weighted by molar-refractivity contribution is 7.88. The first kappa shape index (κ1) is 15.2. The van der Waals surface area contributed by atoms with Gasteiger partial charge in [0, 0.05) is 19.0 Å². The summed E-state index contributed by atoms with van der Waals surface area (Å²) in [5, 5.41) is 8.90. The fourth-order valence-corrected chi connectivity index (χ4v) is 3.21. The average Bonchev–Trinajstić information content (AvgIpc) is 2.45. The molecule has 1 fully saturated rings. The fourth-order valence-electron chi connectivity index (χ4n) is 2.27. The number of nitrogens with zero attached hydrogens (tertiary/aromatic N) is 2. The van der Waals surface area contributed by atoms with Crippen LogP contribution in [0.2, 0.25) is 0 Å². The summed E-state index contributed by atoms with van der Waals surface area (Å²) in [5.74, 6) is 0.842. The number of hydrogen-bond acceptors (Lipinski definition) is 5. The largest absolute Gasteiger partial charge is 0.492 e. The molecule has 1 N–H and O–H groups in total. The van der Waals surface area contributed by atoms with Crippen molar-refractivity contribution in [3.63, 3.8) is 0 Å². The van der Waals surface area contributed by atoms with E-state index in [0.717, 1.165) is 12.8 Å². The molecular formula is C13H20N2O4S. The molecule has 0 amide bonds. The summed E-state index contributed by atoms with van der Waals surface area (Å²) in [6.45, 7) is 1.50. The average molecular weight is 300 g/mol. The molecule has 112 valence electrons. The van der Waals surface area contributed by atoms with Crippen LogP contribution in [0.25, 0.3) is 0 Å². The summed E-state index contributed by atoms with van der Waals surface area (Å²) in [6, 6.07) is 3.47. The molecule has 0 aromatic carbocycles. The Labute approximate surface area is 119 Å². The number of hydrogen-bond donors (Lipinski definition) is 1. The second-order valence-electron chi connectivity index (χ2n) is 5.08. The van der Waals surface area contributed by atoms with Crippen molar-refractivity contribution in [2.75, 3.05) is 26.0 Å². The predicted octanol–water partition coefficient (Wildman–Crippen LogP) is 0.624. The Morgan fingerprint density at radius 1 is 1.50 bits per heavy atom. The highest BCUT2D eigenvalue weighted by Gasteiger charge is 2.26. The van der Waals surface area contributed by atoms with Crippen LogP contribution >= 0.6 is 0 Å². The number of pyridine rings is 1. The first-order chi connectivity index (χ1) is 9.49.